The maximum atomic E-state index is 13.3. The zero-order valence-corrected chi connectivity index (χ0v) is 17.3. The molecule has 10 heteroatoms. The molecule has 1 aromatic heterocycles. The second-order valence-corrected chi connectivity index (χ2v) is 8.54. The molecule has 1 N–H and O–H groups in total. The molecule has 0 radical (unpaired) electrons. The highest BCUT2D eigenvalue weighted by Crippen LogP contribution is 2.38. The van der Waals surface area contributed by atoms with E-state index in [0.717, 1.165) is 17.7 Å². The average Bonchev–Trinajstić information content (AvgIpc) is 2.61. The second kappa shape index (κ2) is 7.88. The van der Waals surface area contributed by atoms with Crippen LogP contribution < -0.4 is 4.72 Å². The summed E-state index contributed by atoms with van der Waals surface area (Å²) in [5.41, 5.74) is 1.24. The lowest BCUT2D eigenvalue weighted by Gasteiger charge is -2.14. The van der Waals surface area contributed by atoms with Crippen molar-refractivity contribution in [3.05, 3.63) is 76.2 Å². The van der Waals surface area contributed by atoms with Crippen molar-refractivity contribution in [2.75, 3.05) is 4.72 Å². The summed E-state index contributed by atoms with van der Waals surface area (Å²) in [5.74, 6) is -0.478. The van der Waals surface area contributed by atoms with Crippen molar-refractivity contribution >= 4 is 27.4 Å². The molecule has 0 bridgehead atoms. The van der Waals surface area contributed by atoms with E-state index in [-0.39, 0.29) is 11.6 Å². The van der Waals surface area contributed by atoms with E-state index in [1.54, 1.807) is 26.0 Å². The number of aromatic nitrogens is 1. The predicted molar refractivity (Wildman–Crippen MR) is 106 cm³/mol. The molecule has 0 aliphatic rings. The van der Waals surface area contributed by atoms with Gasteiger partial charge >= 0.3 is 6.18 Å². The summed E-state index contributed by atoms with van der Waals surface area (Å²) in [5, 5.41) is -0.923. The van der Waals surface area contributed by atoms with Crippen molar-refractivity contribution in [3.8, 4) is 11.1 Å². The molecule has 0 spiro atoms. The summed E-state index contributed by atoms with van der Waals surface area (Å²) in [7, 11) is -4.43. The quantitative estimate of drug-likeness (QED) is 0.489. The van der Waals surface area contributed by atoms with Crippen LogP contribution in [0.4, 0.5) is 23.4 Å². The van der Waals surface area contributed by atoms with Gasteiger partial charge in [0.25, 0.3) is 10.0 Å². The summed E-state index contributed by atoms with van der Waals surface area (Å²) in [6, 6.07) is 9.84. The van der Waals surface area contributed by atoms with Crippen molar-refractivity contribution in [2.24, 2.45) is 0 Å². The Balaban J connectivity index is 1.96. The predicted octanol–water partition coefficient (Wildman–Crippen LogP) is 5.98. The van der Waals surface area contributed by atoms with Crippen molar-refractivity contribution in [1.29, 1.82) is 0 Å². The lowest BCUT2D eigenvalue weighted by Crippen LogP contribution is -2.16. The van der Waals surface area contributed by atoms with Crippen molar-refractivity contribution in [2.45, 2.75) is 24.9 Å². The molecule has 0 saturated heterocycles. The molecule has 0 saturated carbocycles. The second-order valence-electron chi connectivity index (χ2n) is 6.51. The third-order valence-corrected chi connectivity index (χ3v) is 6.28. The van der Waals surface area contributed by atoms with Crippen LogP contribution in [0.15, 0.2) is 53.4 Å². The highest BCUT2D eigenvalue weighted by molar-refractivity contribution is 7.92. The molecule has 0 atom stereocenters. The molecular formula is C20H15ClF4N2O2S. The van der Waals surface area contributed by atoms with Crippen LogP contribution in [0.1, 0.15) is 16.8 Å². The van der Waals surface area contributed by atoms with Crippen LogP contribution in [0, 0.1) is 19.7 Å². The topological polar surface area (TPSA) is 59.1 Å². The first kappa shape index (κ1) is 22.0. The molecule has 3 aromatic rings. The van der Waals surface area contributed by atoms with Gasteiger partial charge in [-0.3, -0.25) is 4.72 Å². The van der Waals surface area contributed by atoms with E-state index in [1.807, 2.05) is 0 Å². The number of nitrogens with one attached hydrogen (secondary N) is 1. The van der Waals surface area contributed by atoms with Gasteiger partial charge < -0.3 is 0 Å². The van der Waals surface area contributed by atoms with E-state index < -0.39 is 31.7 Å². The third-order valence-electron chi connectivity index (χ3n) is 4.36. The van der Waals surface area contributed by atoms with Gasteiger partial charge in [-0.25, -0.2) is 17.8 Å². The number of benzene rings is 2. The van der Waals surface area contributed by atoms with Crippen LogP contribution in [0.2, 0.25) is 5.02 Å². The molecule has 0 aliphatic heterocycles. The van der Waals surface area contributed by atoms with E-state index in [1.165, 1.54) is 18.2 Å². The minimum atomic E-state index is -4.80. The Morgan fingerprint density at radius 3 is 2.27 bits per heavy atom. The first-order valence-electron chi connectivity index (χ1n) is 8.53. The van der Waals surface area contributed by atoms with Crippen molar-refractivity contribution < 1.29 is 26.0 Å². The first-order valence-corrected chi connectivity index (χ1v) is 10.4. The van der Waals surface area contributed by atoms with E-state index in [9.17, 15) is 26.0 Å². The Bertz CT molecular complexity index is 1230. The highest BCUT2D eigenvalue weighted by Gasteiger charge is 2.35. The van der Waals surface area contributed by atoms with Gasteiger partial charge in [0, 0.05) is 11.3 Å². The Morgan fingerprint density at radius 1 is 1.00 bits per heavy atom. The fourth-order valence-corrected chi connectivity index (χ4v) is 4.60. The number of alkyl halides is 3. The molecule has 2 aromatic carbocycles. The van der Waals surface area contributed by atoms with Crippen LogP contribution in [0.3, 0.4) is 0 Å². The summed E-state index contributed by atoms with van der Waals surface area (Å²) in [6.45, 7) is 3.36. The fraction of sp³-hybridized carbons (Fsp3) is 0.150. The van der Waals surface area contributed by atoms with Crippen LogP contribution in [-0.2, 0) is 16.2 Å². The van der Waals surface area contributed by atoms with Crippen molar-refractivity contribution in [3.63, 3.8) is 0 Å². The number of pyridine rings is 1. The molecule has 30 heavy (non-hydrogen) atoms. The van der Waals surface area contributed by atoms with E-state index in [2.05, 4.69) is 9.71 Å². The fourth-order valence-electron chi connectivity index (χ4n) is 2.96. The van der Waals surface area contributed by atoms with Crippen LogP contribution in [0.5, 0.6) is 0 Å². The number of rotatable bonds is 4. The van der Waals surface area contributed by atoms with Gasteiger partial charge in [-0.1, -0.05) is 23.7 Å². The number of halogens is 5. The molecule has 0 aliphatic carbocycles. The Hall–Kier alpha value is -2.65. The number of hydrogen-bond acceptors (Lipinski definition) is 3. The first-order chi connectivity index (χ1) is 13.9. The van der Waals surface area contributed by atoms with E-state index in [0.29, 0.717) is 22.9 Å². The highest BCUT2D eigenvalue weighted by atomic mass is 35.5. The Kier molecular flexibility index (Phi) is 5.79. The summed E-state index contributed by atoms with van der Waals surface area (Å²) < 4.78 is 79.8. The van der Waals surface area contributed by atoms with Crippen LogP contribution >= 0.6 is 11.6 Å². The molecule has 158 valence electrons. The summed E-state index contributed by atoms with van der Waals surface area (Å²) in [6.07, 6.45) is -4.80. The number of hydrogen-bond donors (Lipinski definition) is 1. The van der Waals surface area contributed by atoms with Gasteiger partial charge in [-0.15, -0.1) is 0 Å². The smallest absolute Gasteiger partial charge is 0.263 e. The maximum absolute atomic E-state index is 13.3. The zero-order valence-electron chi connectivity index (χ0n) is 15.7. The van der Waals surface area contributed by atoms with Gasteiger partial charge in [0.15, 0.2) is 0 Å². The van der Waals surface area contributed by atoms with Gasteiger partial charge in [-0.05, 0) is 61.4 Å². The summed E-state index contributed by atoms with van der Waals surface area (Å²) >= 11 is 5.72. The molecule has 0 unspecified atom stereocenters. The van der Waals surface area contributed by atoms with Crippen molar-refractivity contribution in [1.82, 2.24) is 4.98 Å². The van der Waals surface area contributed by atoms with Gasteiger partial charge in [0.1, 0.15) is 16.5 Å². The summed E-state index contributed by atoms with van der Waals surface area (Å²) in [4.78, 5) is 3.46. The minimum Gasteiger partial charge on any atom is -0.263 e. The number of aryl methyl sites for hydroxylation is 2. The number of nitrogens with zero attached hydrogens (tertiary/aromatic N) is 1. The van der Waals surface area contributed by atoms with Gasteiger partial charge in [-0.2, -0.15) is 13.2 Å². The number of sulfonamides is 1. The van der Waals surface area contributed by atoms with Gasteiger partial charge in [0.05, 0.1) is 10.6 Å². The normalized spacial score (nSPS) is 12.1. The van der Waals surface area contributed by atoms with E-state index in [4.69, 9.17) is 11.6 Å². The molecular weight excluding hydrogens is 444 g/mol. The van der Waals surface area contributed by atoms with Crippen LogP contribution in [-0.4, -0.2) is 13.4 Å². The molecule has 3 rings (SSSR count). The molecule has 1 heterocycles. The lowest BCUT2D eigenvalue weighted by atomic mass is 9.99. The minimum absolute atomic E-state index is 0.0931. The molecule has 4 nitrogen and oxygen atoms in total. The standard InChI is InChI=1S/C20H15ClF4N2O2S/c1-11-10-13(22)6-7-14(11)15-8-9-18(26-12(15)2)27-30(28,29)17-5-3-4-16(19(17)21)20(23,24)25/h3-10H,1-2H3,(H,26,27). The third kappa shape index (κ3) is 4.41. The molecule has 0 fully saturated rings. The maximum Gasteiger partial charge on any atom is 0.417 e. The molecule has 0 amide bonds. The van der Waals surface area contributed by atoms with E-state index >= 15 is 0 Å². The van der Waals surface area contributed by atoms with Crippen LogP contribution in [0.25, 0.3) is 11.1 Å². The lowest BCUT2D eigenvalue weighted by molar-refractivity contribution is -0.137. The monoisotopic (exact) mass is 458 g/mol. The Labute approximate surface area is 175 Å². The average molecular weight is 459 g/mol. The number of anilines is 1. The van der Waals surface area contributed by atoms with Gasteiger partial charge in [0.2, 0.25) is 0 Å². The zero-order chi connectivity index (χ0) is 22.3. The SMILES string of the molecule is Cc1cc(F)ccc1-c1ccc(NS(=O)(=O)c2cccc(C(F)(F)F)c2Cl)nc1C. The Morgan fingerprint density at radius 2 is 1.67 bits per heavy atom. The largest absolute Gasteiger partial charge is 0.417 e.